The molecule has 2 heterocycles. The van der Waals surface area contributed by atoms with E-state index in [4.69, 9.17) is 21.1 Å². The standard InChI is InChI=1S/C17H21ClN2O5S2/c1-9(2)16(21)19-17-20(12-7-27(22,23)8-15(12)26-17)11-5-10(18)13(24-3)6-14(11)25-4/h5-6,9,12,15H,7-8H2,1-4H3/t12-,15-/m1/s1. The van der Waals surface area contributed by atoms with Crippen molar-refractivity contribution in [3.63, 3.8) is 0 Å². The van der Waals surface area contributed by atoms with Crippen LogP contribution in [0.15, 0.2) is 17.1 Å². The largest absolute Gasteiger partial charge is 0.495 e. The normalized spacial score (nSPS) is 25.1. The molecule has 7 nitrogen and oxygen atoms in total. The van der Waals surface area contributed by atoms with Crippen molar-refractivity contribution in [2.75, 3.05) is 30.6 Å². The summed E-state index contributed by atoms with van der Waals surface area (Å²) in [5, 5.41) is 0.634. The molecule has 2 atom stereocenters. The number of hydrogen-bond donors (Lipinski definition) is 0. The van der Waals surface area contributed by atoms with E-state index in [2.05, 4.69) is 4.99 Å². The second-order valence-corrected chi connectivity index (χ2v) is 10.5. The zero-order valence-electron chi connectivity index (χ0n) is 15.4. The van der Waals surface area contributed by atoms with E-state index in [0.29, 0.717) is 27.4 Å². The van der Waals surface area contributed by atoms with Crippen LogP contribution >= 0.6 is 23.4 Å². The number of fused-ring (bicyclic) bond motifs is 1. The maximum atomic E-state index is 12.2. The second-order valence-electron chi connectivity index (χ2n) is 6.72. The summed E-state index contributed by atoms with van der Waals surface area (Å²) in [6.07, 6.45) is 0. The number of sulfone groups is 1. The molecule has 2 aliphatic rings. The Labute approximate surface area is 168 Å². The molecule has 2 saturated heterocycles. The van der Waals surface area contributed by atoms with Crippen LogP contribution in [0.4, 0.5) is 5.69 Å². The molecule has 2 fully saturated rings. The summed E-state index contributed by atoms with van der Waals surface area (Å²) in [6.45, 7) is 3.54. The zero-order valence-corrected chi connectivity index (χ0v) is 17.8. The fourth-order valence-electron chi connectivity index (χ4n) is 3.10. The van der Waals surface area contributed by atoms with E-state index in [9.17, 15) is 13.2 Å². The molecular weight excluding hydrogens is 412 g/mol. The lowest BCUT2D eigenvalue weighted by atomic mass is 10.1. The van der Waals surface area contributed by atoms with Crippen molar-refractivity contribution in [1.82, 2.24) is 0 Å². The summed E-state index contributed by atoms with van der Waals surface area (Å²) >= 11 is 7.61. The van der Waals surface area contributed by atoms with Gasteiger partial charge in [0.15, 0.2) is 15.0 Å². The van der Waals surface area contributed by atoms with Crippen LogP contribution < -0.4 is 14.4 Å². The first-order valence-electron chi connectivity index (χ1n) is 8.37. The number of halogens is 1. The number of ether oxygens (including phenoxy) is 2. The summed E-state index contributed by atoms with van der Waals surface area (Å²) < 4.78 is 35.0. The van der Waals surface area contributed by atoms with E-state index in [-0.39, 0.29) is 34.6 Å². The zero-order chi connectivity index (χ0) is 19.9. The number of benzene rings is 1. The van der Waals surface area contributed by atoms with Crippen molar-refractivity contribution in [2.45, 2.75) is 25.1 Å². The van der Waals surface area contributed by atoms with Crippen molar-refractivity contribution in [2.24, 2.45) is 10.9 Å². The number of hydrogen-bond acceptors (Lipinski definition) is 6. The predicted molar refractivity (Wildman–Crippen MR) is 108 cm³/mol. The summed E-state index contributed by atoms with van der Waals surface area (Å²) in [5.41, 5.74) is 0.565. The first-order valence-corrected chi connectivity index (χ1v) is 11.4. The fourth-order valence-corrected chi connectivity index (χ4v) is 7.25. The Hall–Kier alpha value is -1.45. The summed E-state index contributed by atoms with van der Waals surface area (Å²) in [4.78, 5) is 18.2. The molecule has 2 aliphatic heterocycles. The number of amides is 1. The molecule has 0 radical (unpaired) electrons. The highest BCUT2D eigenvalue weighted by Crippen LogP contribution is 2.46. The summed E-state index contributed by atoms with van der Waals surface area (Å²) in [7, 11) is -0.150. The highest BCUT2D eigenvalue weighted by Gasteiger charge is 2.50. The van der Waals surface area contributed by atoms with Crippen LogP contribution in [0.5, 0.6) is 11.5 Å². The Bertz CT molecular complexity index is 901. The minimum absolute atomic E-state index is 0.00758. The topological polar surface area (TPSA) is 85.3 Å². The molecule has 0 aliphatic carbocycles. The molecule has 0 aromatic heterocycles. The minimum Gasteiger partial charge on any atom is -0.495 e. The van der Waals surface area contributed by atoms with E-state index in [1.54, 1.807) is 30.9 Å². The van der Waals surface area contributed by atoms with E-state index < -0.39 is 9.84 Å². The number of carbonyl (C=O) groups excluding carboxylic acids is 1. The number of amidine groups is 1. The Morgan fingerprint density at radius 3 is 2.52 bits per heavy atom. The smallest absolute Gasteiger partial charge is 0.250 e. The van der Waals surface area contributed by atoms with Gasteiger partial charge >= 0.3 is 0 Å². The third-order valence-electron chi connectivity index (χ3n) is 4.48. The molecule has 1 aromatic rings. The molecule has 3 rings (SSSR count). The van der Waals surface area contributed by atoms with Crippen LogP contribution in [0.2, 0.25) is 5.02 Å². The fraction of sp³-hybridized carbons (Fsp3) is 0.529. The highest BCUT2D eigenvalue weighted by molar-refractivity contribution is 8.16. The van der Waals surface area contributed by atoms with Gasteiger partial charge in [0.25, 0.3) is 5.91 Å². The molecular formula is C17H21ClN2O5S2. The third-order valence-corrected chi connectivity index (χ3v) is 7.98. The number of nitrogens with zero attached hydrogens (tertiary/aromatic N) is 2. The van der Waals surface area contributed by atoms with Gasteiger partial charge in [-0.1, -0.05) is 37.2 Å². The van der Waals surface area contributed by atoms with Crippen molar-refractivity contribution < 1.29 is 22.7 Å². The molecule has 0 unspecified atom stereocenters. The van der Waals surface area contributed by atoms with E-state index >= 15 is 0 Å². The van der Waals surface area contributed by atoms with Crippen LogP contribution in [0, 0.1) is 5.92 Å². The van der Waals surface area contributed by atoms with Gasteiger partial charge in [0.05, 0.1) is 42.5 Å². The van der Waals surface area contributed by atoms with Crippen LogP contribution in [0.25, 0.3) is 0 Å². The molecule has 0 saturated carbocycles. The molecule has 0 N–H and O–H groups in total. The lowest BCUT2D eigenvalue weighted by Crippen LogP contribution is -2.38. The highest BCUT2D eigenvalue weighted by atomic mass is 35.5. The number of carbonyl (C=O) groups is 1. The minimum atomic E-state index is -3.16. The molecule has 148 valence electrons. The van der Waals surface area contributed by atoms with Crippen molar-refractivity contribution in [1.29, 1.82) is 0 Å². The van der Waals surface area contributed by atoms with Gasteiger partial charge in [0.2, 0.25) is 0 Å². The number of rotatable bonds is 4. The van der Waals surface area contributed by atoms with Gasteiger partial charge in [0.1, 0.15) is 11.5 Å². The third kappa shape index (κ3) is 3.90. The molecule has 10 heteroatoms. The lowest BCUT2D eigenvalue weighted by Gasteiger charge is -2.27. The van der Waals surface area contributed by atoms with Gasteiger partial charge in [-0.05, 0) is 6.07 Å². The van der Waals surface area contributed by atoms with Crippen LogP contribution in [0.1, 0.15) is 13.8 Å². The Balaban J connectivity index is 2.13. The van der Waals surface area contributed by atoms with Gasteiger partial charge in [-0.2, -0.15) is 4.99 Å². The maximum Gasteiger partial charge on any atom is 0.250 e. The molecule has 27 heavy (non-hydrogen) atoms. The van der Waals surface area contributed by atoms with Gasteiger partial charge in [-0.3, -0.25) is 4.79 Å². The SMILES string of the molecule is COc1cc(OC)c(N2C(=NC(=O)C(C)C)S[C@@H]3CS(=O)(=O)C[C@H]32)cc1Cl. The Morgan fingerprint density at radius 1 is 1.26 bits per heavy atom. The maximum absolute atomic E-state index is 12.2. The lowest BCUT2D eigenvalue weighted by molar-refractivity contribution is -0.120. The van der Waals surface area contributed by atoms with Gasteiger partial charge in [-0.25, -0.2) is 8.42 Å². The van der Waals surface area contributed by atoms with Crippen molar-refractivity contribution in [3.05, 3.63) is 17.2 Å². The Morgan fingerprint density at radius 2 is 1.93 bits per heavy atom. The molecule has 0 spiro atoms. The summed E-state index contributed by atoms with van der Waals surface area (Å²) in [6, 6.07) is 2.96. The molecule has 1 aromatic carbocycles. The van der Waals surface area contributed by atoms with Crippen LogP contribution in [-0.4, -0.2) is 56.5 Å². The van der Waals surface area contributed by atoms with Crippen molar-refractivity contribution in [3.8, 4) is 11.5 Å². The van der Waals surface area contributed by atoms with E-state index in [0.717, 1.165) is 0 Å². The van der Waals surface area contributed by atoms with Gasteiger partial charge in [-0.15, -0.1) is 0 Å². The predicted octanol–water partition coefficient (Wildman–Crippen LogP) is 2.61. The van der Waals surface area contributed by atoms with Gasteiger partial charge in [0, 0.05) is 17.2 Å². The van der Waals surface area contributed by atoms with Crippen molar-refractivity contribution >= 4 is 50.0 Å². The average molecular weight is 433 g/mol. The second kappa shape index (κ2) is 7.52. The summed E-state index contributed by atoms with van der Waals surface area (Å²) in [5.74, 6) is 0.434. The van der Waals surface area contributed by atoms with E-state index in [1.807, 2.05) is 0 Å². The number of thioether (sulfide) groups is 1. The van der Waals surface area contributed by atoms with E-state index in [1.165, 1.54) is 26.0 Å². The Kier molecular flexibility index (Phi) is 5.65. The molecule has 1 amide bonds. The number of anilines is 1. The number of methoxy groups -OCH3 is 2. The monoisotopic (exact) mass is 432 g/mol. The molecule has 0 bridgehead atoms. The first-order chi connectivity index (χ1) is 12.7. The first kappa shape index (κ1) is 20.3. The quantitative estimate of drug-likeness (QED) is 0.722. The van der Waals surface area contributed by atoms with Crippen LogP contribution in [0.3, 0.4) is 0 Å². The number of aliphatic imine (C=N–C) groups is 1. The van der Waals surface area contributed by atoms with Gasteiger partial charge < -0.3 is 14.4 Å². The van der Waals surface area contributed by atoms with Crippen LogP contribution in [-0.2, 0) is 14.6 Å². The average Bonchev–Trinajstić information content (AvgIpc) is 3.05.